The summed E-state index contributed by atoms with van der Waals surface area (Å²) < 4.78 is 42.2. The number of pyridine rings is 1. The summed E-state index contributed by atoms with van der Waals surface area (Å²) in [7, 11) is 0. The number of nitrogens with zero attached hydrogens (tertiary/aromatic N) is 1. The number of aromatic nitrogens is 1. The molecule has 6 heteroatoms. The second-order valence-electron chi connectivity index (χ2n) is 2.66. The number of hydrogen-bond acceptors (Lipinski definition) is 2. The molecule has 74 valence electrons. The number of halogens is 4. The molecule has 2 aromatic rings. The maximum Gasteiger partial charge on any atom is 0.417 e. The van der Waals surface area contributed by atoms with Gasteiger partial charge in [-0.3, -0.25) is 0 Å². The van der Waals surface area contributed by atoms with Crippen molar-refractivity contribution in [1.29, 1.82) is 0 Å². The summed E-state index contributed by atoms with van der Waals surface area (Å²) >= 11 is 3.07. The molecule has 0 N–H and O–H groups in total. The lowest BCUT2D eigenvalue weighted by Gasteiger charge is -2.04. The van der Waals surface area contributed by atoms with Crippen molar-refractivity contribution in [3.05, 3.63) is 28.6 Å². The van der Waals surface area contributed by atoms with E-state index in [-0.39, 0.29) is 5.71 Å². The van der Waals surface area contributed by atoms with Gasteiger partial charge in [0.2, 0.25) is 5.71 Å². The van der Waals surface area contributed by atoms with Crippen molar-refractivity contribution in [3.8, 4) is 0 Å². The minimum absolute atomic E-state index is 0.185. The molecule has 14 heavy (non-hydrogen) atoms. The molecule has 0 bridgehead atoms. The van der Waals surface area contributed by atoms with Gasteiger partial charge < -0.3 is 4.42 Å². The first-order valence-corrected chi connectivity index (χ1v) is 4.38. The van der Waals surface area contributed by atoms with Crippen LogP contribution in [-0.4, -0.2) is 4.98 Å². The van der Waals surface area contributed by atoms with Gasteiger partial charge in [0, 0.05) is 6.20 Å². The minimum Gasteiger partial charge on any atom is -0.445 e. The molecule has 0 saturated heterocycles. The third-order valence-corrected chi connectivity index (χ3v) is 2.32. The predicted octanol–water partition coefficient (Wildman–Crippen LogP) is 3.61. The zero-order valence-electron chi connectivity index (χ0n) is 6.60. The zero-order chi connectivity index (χ0) is 10.3. The Morgan fingerprint density at radius 3 is 2.71 bits per heavy atom. The van der Waals surface area contributed by atoms with E-state index in [1.807, 2.05) is 0 Å². The molecule has 0 spiro atoms. The predicted molar refractivity (Wildman–Crippen MR) is 46.7 cm³/mol. The summed E-state index contributed by atoms with van der Waals surface area (Å²) in [6.07, 6.45) is -2.33. The number of fused-ring (bicyclic) bond motifs is 1. The fourth-order valence-electron chi connectivity index (χ4n) is 1.04. The lowest BCUT2D eigenvalue weighted by Crippen LogP contribution is -2.04. The van der Waals surface area contributed by atoms with Crippen LogP contribution >= 0.6 is 15.9 Å². The van der Waals surface area contributed by atoms with E-state index in [1.165, 1.54) is 6.26 Å². The van der Waals surface area contributed by atoms with E-state index >= 15 is 0 Å². The van der Waals surface area contributed by atoms with Crippen molar-refractivity contribution in [2.75, 3.05) is 0 Å². The maximum atomic E-state index is 12.3. The van der Waals surface area contributed by atoms with Gasteiger partial charge in [-0.1, -0.05) is 0 Å². The summed E-state index contributed by atoms with van der Waals surface area (Å²) in [4.78, 5) is 3.55. The summed E-state index contributed by atoms with van der Waals surface area (Å²) in [5.74, 6) is 0. The van der Waals surface area contributed by atoms with E-state index in [4.69, 9.17) is 4.42 Å². The van der Waals surface area contributed by atoms with Gasteiger partial charge in [-0.25, -0.2) is 4.98 Å². The van der Waals surface area contributed by atoms with Crippen molar-refractivity contribution in [2.24, 2.45) is 0 Å². The summed E-state index contributed by atoms with van der Waals surface area (Å²) in [6.45, 7) is 0. The van der Waals surface area contributed by atoms with Gasteiger partial charge in [0.05, 0.1) is 15.4 Å². The van der Waals surface area contributed by atoms with Crippen LogP contribution in [0.3, 0.4) is 0 Å². The van der Waals surface area contributed by atoms with Gasteiger partial charge in [-0.15, -0.1) is 0 Å². The van der Waals surface area contributed by atoms with Gasteiger partial charge in [0.1, 0.15) is 6.26 Å². The molecule has 0 aromatic carbocycles. The Balaban J connectivity index is 2.66. The lowest BCUT2D eigenvalue weighted by molar-refractivity contribution is -0.137. The molecule has 2 nitrogen and oxygen atoms in total. The molecule has 0 radical (unpaired) electrons. The highest BCUT2D eigenvalue weighted by Crippen LogP contribution is 2.33. The van der Waals surface area contributed by atoms with Crippen LogP contribution in [-0.2, 0) is 6.18 Å². The molecule has 2 heterocycles. The van der Waals surface area contributed by atoms with Crippen molar-refractivity contribution >= 4 is 27.0 Å². The van der Waals surface area contributed by atoms with E-state index in [1.54, 1.807) is 0 Å². The average Bonchev–Trinajstić information content (AvgIpc) is 2.46. The van der Waals surface area contributed by atoms with Gasteiger partial charge in [0.25, 0.3) is 0 Å². The Morgan fingerprint density at radius 2 is 2.07 bits per heavy atom. The van der Waals surface area contributed by atoms with Crippen LogP contribution in [0.4, 0.5) is 13.2 Å². The first-order valence-electron chi connectivity index (χ1n) is 3.58. The molecule has 0 aliphatic rings. The van der Waals surface area contributed by atoms with Crippen molar-refractivity contribution in [3.63, 3.8) is 0 Å². The Hall–Kier alpha value is -1.04. The van der Waals surface area contributed by atoms with Crippen LogP contribution in [0.1, 0.15) is 5.56 Å². The maximum absolute atomic E-state index is 12.3. The topological polar surface area (TPSA) is 26.0 Å². The van der Waals surface area contributed by atoms with E-state index in [0.29, 0.717) is 9.86 Å². The van der Waals surface area contributed by atoms with Crippen LogP contribution in [0.2, 0.25) is 0 Å². The van der Waals surface area contributed by atoms with Crippen molar-refractivity contribution in [1.82, 2.24) is 4.98 Å². The van der Waals surface area contributed by atoms with Crippen LogP contribution in [0.5, 0.6) is 0 Å². The molecule has 0 saturated carbocycles. The highest BCUT2D eigenvalue weighted by molar-refractivity contribution is 9.10. The molecule has 0 fully saturated rings. The molecule has 2 rings (SSSR count). The molecular weight excluding hydrogens is 263 g/mol. The highest BCUT2D eigenvalue weighted by Gasteiger charge is 2.31. The summed E-state index contributed by atoms with van der Waals surface area (Å²) in [6, 6.07) is 0.996. The largest absolute Gasteiger partial charge is 0.445 e. The van der Waals surface area contributed by atoms with Crippen LogP contribution in [0.25, 0.3) is 11.1 Å². The summed E-state index contributed by atoms with van der Waals surface area (Å²) in [5, 5.41) is 0.319. The monoisotopic (exact) mass is 265 g/mol. The minimum atomic E-state index is -4.38. The molecule has 2 aromatic heterocycles. The quantitative estimate of drug-likeness (QED) is 0.728. The van der Waals surface area contributed by atoms with E-state index in [0.717, 1.165) is 12.3 Å². The summed E-state index contributed by atoms with van der Waals surface area (Å²) in [5.41, 5.74) is -0.600. The smallest absolute Gasteiger partial charge is 0.417 e. The molecule has 0 unspecified atom stereocenters. The molecule has 0 amide bonds. The number of hydrogen-bond donors (Lipinski definition) is 0. The Morgan fingerprint density at radius 1 is 1.36 bits per heavy atom. The van der Waals surface area contributed by atoms with Crippen LogP contribution in [0, 0.1) is 0 Å². The number of alkyl halides is 3. The van der Waals surface area contributed by atoms with E-state index < -0.39 is 11.7 Å². The van der Waals surface area contributed by atoms with Crippen molar-refractivity contribution in [2.45, 2.75) is 6.18 Å². The zero-order valence-corrected chi connectivity index (χ0v) is 8.19. The van der Waals surface area contributed by atoms with Gasteiger partial charge in [0.15, 0.2) is 0 Å². The lowest BCUT2D eigenvalue weighted by atomic mass is 10.2. The third-order valence-electron chi connectivity index (χ3n) is 1.71. The molecule has 0 aliphatic heterocycles. The van der Waals surface area contributed by atoms with Gasteiger partial charge >= 0.3 is 6.18 Å². The average molecular weight is 266 g/mol. The van der Waals surface area contributed by atoms with Gasteiger partial charge in [-0.2, -0.15) is 13.2 Å². The third kappa shape index (κ3) is 1.50. The van der Waals surface area contributed by atoms with Crippen molar-refractivity contribution < 1.29 is 17.6 Å². The van der Waals surface area contributed by atoms with Crippen LogP contribution in [0.15, 0.2) is 27.4 Å². The number of rotatable bonds is 0. The molecule has 0 atom stereocenters. The normalized spacial score (nSPS) is 12.3. The SMILES string of the molecule is FC(F)(F)c1cnc2occ(Br)c2c1. The standard InChI is InChI=1S/C8H3BrF3NO/c9-6-3-14-7-5(6)1-4(2-13-7)8(10,11)12/h1-3H. The number of furan rings is 1. The fraction of sp³-hybridized carbons (Fsp3) is 0.125. The molecule has 0 aliphatic carbocycles. The second kappa shape index (κ2) is 2.98. The molecular formula is C8H3BrF3NO. The fourth-order valence-corrected chi connectivity index (χ4v) is 1.42. The Labute approximate surface area is 84.9 Å². The second-order valence-corrected chi connectivity index (χ2v) is 3.51. The highest BCUT2D eigenvalue weighted by atomic mass is 79.9. The Bertz CT molecular complexity index is 477. The van der Waals surface area contributed by atoms with E-state index in [2.05, 4.69) is 20.9 Å². The first-order chi connectivity index (χ1) is 6.48. The Kier molecular flexibility index (Phi) is 2.02. The van der Waals surface area contributed by atoms with Gasteiger partial charge in [-0.05, 0) is 22.0 Å². The first kappa shape index (κ1) is 9.51. The van der Waals surface area contributed by atoms with Crippen LogP contribution < -0.4 is 0 Å². The van der Waals surface area contributed by atoms with E-state index in [9.17, 15) is 13.2 Å².